The van der Waals surface area contributed by atoms with Gasteiger partial charge >= 0.3 is 0 Å². The SMILES string of the molecule is COc1ccc(N2C(=O)[C@H](OC)[C@@H]2[C@@H](C#N)O[Si](C)(C)C(C)(C)C)cc1. The maximum absolute atomic E-state index is 12.6. The van der Waals surface area contributed by atoms with E-state index in [2.05, 4.69) is 39.9 Å². The number of methoxy groups -OCH3 is 2. The number of hydrogen-bond donors (Lipinski definition) is 0. The quantitative estimate of drug-likeness (QED) is 0.562. The van der Waals surface area contributed by atoms with Crippen molar-refractivity contribution in [1.82, 2.24) is 0 Å². The summed E-state index contributed by atoms with van der Waals surface area (Å²) in [5, 5.41) is 9.73. The average molecular weight is 377 g/mol. The second kappa shape index (κ2) is 7.39. The van der Waals surface area contributed by atoms with E-state index in [1.54, 1.807) is 36.3 Å². The van der Waals surface area contributed by atoms with E-state index in [4.69, 9.17) is 13.9 Å². The number of ether oxygens (including phenoxy) is 2. The maximum Gasteiger partial charge on any atom is 0.258 e. The van der Waals surface area contributed by atoms with Gasteiger partial charge in [-0.05, 0) is 42.4 Å². The highest BCUT2D eigenvalue weighted by molar-refractivity contribution is 6.74. The van der Waals surface area contributed by atoms with Gasteiger partial charge in [-0.1, -0.05) is 20.8 Å². The van der Waals surface area contributed by atoms with Crippen LogP contribution < -0.4 is 9.64 Å². The summed E-state index contributed by atoms with van der Waals surface area (Å²) in [6.07, 6.45) is -1.42. The van der Waals surface area contributed by atoms with Gasteiger partial charge in [-0.15, -0.1) is 0 Å². The van der Waals surface area contributed by atoms with Crippen LogP contribution in [0.4, 0.5) is 5.69 Å². The van der Waals surface area contributed by atoms with Gasteiger partial charge in [-0.3, -0.25) is 4.79 Å². The van der Waals surface area contributed by atoms with E-state index in [0.717, 1.165) is 0 Å². The van der Waals surface area contributed by atoms with Crippen LogP contribution in [0, 0.1) is 11.3 Å². The summed E-state index contributed by atoms with van der Waals surface area (Å²) < 4.78 is 16.8. The molecule has 0 aliphatic carbocycles. The normalized spacial score (nSPS) is 21.8. The van der Waals surface area contributed by atoms with E-state index in [0.29, 0.717) is 11.4 Å². The van der Waals surface area contributed by atoms with E-state index in [1.165, 1.54) is 7.11 Å². The summed E-state index contributed by atoms with van der Waals surface area (Å²) in [5.74, 6) is 0.540. The Hall–Kier alpha value is -1.88. The largest absolute Gasteiger partial charge is 0.497 e. The van der Waals surface area contributed by atoms with E-state index in [1.807, 2.05) is 0 Å². The molecule has 0 radical (unpaired) electrons. The molecule has 1 aromatic rings. The minimum Gasteiger partial charge on any atom is -0.497 e. The average Bonchev–Trinajstić information content (AvgIpc) is 2.58. The standard InChI is InChI=1S/C19H28N2O4Si/c1-19(2,3)26(6,7)25-15(12-20)16-17(24-5)18(22)21(16)13-8-10-14(23-4)11-9-13/h8-11,15-17H,1-7H3/t15-,16+,17-/m1/s1. The molecule has 0 unspecified atom stereocenters. The topological polar surface area (TPSA) is 71.8 Å². The Kier molecular flexibility index (Phi) is 5.81. The number of amides is 1. The number of hydrogen-bond acceptors (Lipinski definition) is 5. The van der Waals surface area contributed by atoms with Crippen molar-refractivity contribution in [1.29, 1.82) is 5.26 Å². The molecule has 3 atom stereocenters. The first-order chi connectivity index (χ1) is 12.1. The van der Waals surface area contributed by atoms with Crippen LogP contribution in [0.2, 0.25) is 18.1 Å². The summed E-state index contributed by atoms with van der Waals surface area (Å²) in [6.45, 7) is 10.5. The Morgan fingerprint density at radius 1 is 1.19 bits per heavy atom. The Morgan fingerprint density at radius 3 is 2.19 bits per heavy atom. The smallest absolute Gasteiger partial charge is 0.258 e. The summed E-state index contributed by atoms with van der Waals surface area (Å²) >= 11 is 0. The van der Waals surface area contributed by atoms with Crippen molar-refractivity contribution in [3.63, 3.8) is 0 Å². The molecule has 1 amide bonds. The highest BCUT2D eigenvalue weighted by atomic mass is 28.4. The Bertz CT molecular complexity index is 691. The molecule has 1 aliphatic heterocycles. The molecule has 26 heavy (non-hydrogen) atoms. The van der Waals surface area contributed by atoms with Crippen LogP contribution in [-0.4, -0.2) is 46.7 Å². The van der Waals surface area contributed by atoms with Crippen LogP contribution in [0.1, 0.15) is 20.8 Å². The second-order valence-electron chi connectivity index (χ2n) is 7.98. The molecular formula is C19H28N2O4Si. The molecule has 0 bridgehead atoms. The zero-order valence-electron chi connectivity index (χ0n) is 16.6. The molecule has 1 fully saturated rings. The number of benzene rings is 1. The van der Waals surface area contributed by atoms with Crippen molar-refractivity contribution in [2.75, 3.05) is 19.1 Å². The number of carbonyl (C=O) groups excluding carboxylic acids is 1. The predicted octanol–water partition coefficient (Wildman–Crippen LogP) is 3.34. The molecule has 0 spiro atoms. The lowest BCUT2D eigenvalue weighted by molar-refractivity contribution is -0.142. The summed E-state index contributed by atoms with van der Waals surface area (Å²) in [6, 6.07) is 8.96. The lowest BCUT2D eigenvalue weighted by Crippen LogP contribution is -2.71. The van der Waals surface area contributed by atoms with E-state index < -0.39 is 26.6 Å². The van der Waals surface area contributed by atoms with Crippen LogP contribution in [-0.2, 0) is 14.0 Å². The molecule has 1 aliphatic rings. The van der Waals surface area contributed by atoms with Crippen molar-refractivity contribution in [3.05, 3.63) is 24.3 Å². The molecular weight excluding hydrogens is 348 g/mol. The van der Waals surface area contributed by atoms with Crippen molar-refractivity contribution >= 4 is 19.9 Å². The summed E-state index contributed by atoms with van der Waals surface area (Å²) in [7, 11) is 0.898. The first-order valence-corrected chi connectivity index (χ1v) is 11.6. The van der Waals surface area contributed by atoms with E-state index in [-0.39, 0.29) is 10.9 Å². The first kappa shape index (κ1) is 20.4. The van der Waals surface area contributed by atoms with Crippen molar-refractivity contribution in [2.24, 2.45) is 0 Å². The van der Waals surface area contributed by atoms with Gasteiger partial charge in [0.25, 0.3) is 5.91 Å². The fourth-order valence-corrected chi connectivity index (χ4v) is 3.91. The summed E-state index contributed by atoms with van der Waals surface area (Å²) in [5.41, 5.74) is 0.702. The lowest BCUT2D eigenvalue weighted by Gasteiger charge is -2.49. The van der Waals surface area contributed by atoms with Crippen LogP contribution in [0.5, 0.6) is 5.75 Å². The number of nitriles is 1. The fraction of sp³-hybridized carbons (Fsp3) is 0.579. The maximum atomic E-state index is 12.6. The second-order valence-corrected chi connectivity index (χ2v) is 12.7. The minimum atomic E-state index is -2.18. The summed E-state index contributed by atoms with van der Waals surface area (Å²) in [4.78, 5) is 14.1. The van der Waals surface area contributed by atoms with Crippen molar-refractivity contribution in [3.8, 4) is 11.8 Å². The highest BCUT2D eigenvalue weighted by Gasteiger charge is 2.55. The number of rotatable bonds is 6. The van der Waals surface area contributed by atoms with Crippen LogP contribution in [0.15, 0.2) is 24.3 Å². The molecule has 6 nitrogen and oxygen atoms in total. The first-order valence-electron chi connectivity index (χ1n) is 8.64. The van der Waals surface area contributed by atoms with Gasteiger partial charge in [-0.2, -0.15) is 5.26 Å². The van der Waals surface area contributed by atoms with Gasteiger partial charge in [-0.25, -0.2) is 0 Å². The fourth-order valence-electron chi connectivity index (χ4n) is 2.73. The zero-order valence-corrected chi connectivity index (χ0v) is 17.6. The van der Waals surface area contributed by atoms with Gasteiger partial charge in [0, 0.05) is 12.8 Å². The highest BCUT2D eigenvalue weighted by Crippen LogP contribution is 2.40. The Labute approximate surface area is 156 Å². The Morgan fingerprint density at radius 2 is 1.77 bits per heavy atom. The molecule has 2 rings (SSSR count). The molecule has 1 heterocycles. The molecule has 0 aromatic heterocycles. The molecule has 0 N–H and O–H groups in total. The number of anilines is 1. The Balaban J connectivity index is 2.32. The minimum absolute atomic E-state index is 0.0383. The van der Waals surface area contributed by atoms with E-state index in [9.17, 15) is 10.1 Å². The molecule has 1 aromatic carbocycles. The third-order valence-corrected chi connectivity index (χ3v) is 9.81. The molecule has 0 saturated carbocycles. The van der Waals surface area contributed by atoms with Gasteiger partial charge in [0.2, 0.25) is 0 Å². The van der Waals surface area contributed by atoms with Crippen LogP contribution in [0.3, 0.4) is 0 Å². The monoisotopic (exact) mass is 376 g/mol. The van der Waals surface area contributed by atoms with Gasteiger partial charge < -0.3 is 18.8 Å². The number of nitrogens with zero attached hydrogens (tertiary/aromatic N) is 2. The molecule has 1 saturated heterocycles. The molecule has 142 valence electrons. The van der Waals surface area contributed by atoms with Crippen LogP contribution in [0.25, 0.3) is 0 Å². The predicted molar refractivity (Wildman–Crippen MR) is 103 cm³/mol. The van der Waals surface area contributed by atoms with Gasteiger partial charge in [0.1, 0.15) is 11.8 Å². The van der Waals surface area contributed by atoms with Gasteiger partial charge in [0.05, 0.1) is 13.2 Å². The van der Waals surface area contributed by atoms with E-state index >= 15 is 0 Å². The van der Waals surface area contributed by atoms with Crippen molar-refractivity contribution < 1.29 is 18.7 Å². The van der Waals surface area contributed by atoms with Gasteiger partial charge in [0.15, 0.2) is 20.5 Å². The number of carbonyl (C=O) groups is 1. The van der Waals surface area contributed by atoms with Crippen LogP contribution >= 0.6 is 0 Å². The molecule has 7 heteroatoms. The lowest BCUT2D eigenvalue weighted by atomic mass is 9.92. The third-order valence-electron chi connectivity index (χ3n) is 5.36. The van der Waals surface area contributed by atoms with Crippen molar-refractivity contribution in [2.45, 2.75) is 57.2 Å². The zero-order chi connectivity index (χ0) is 19.7. The number of β-lactam (4-membered cyclic amide) rings is 1. The third kappa shape index (κ3) is 3.63.